The zero-order chi connectivity index (χ0) is 22.1. The molecule has 2 aromatic heterocycles. The summed E-state index contributed by atoms with van der Waals surface area (Å²) in [6.07, 6.45) is 6.95. The van der Waals surface area contributed by atoms with E-state index in [9.17, 15) is 14.4 Å². The Labute approximate surface area is 174 Å². The van der Waals surface area contributed by atoms with E-state index < -0.39 is 11.2 Å². The highest BCUT2D eigenvalue weighted by atomic mass is 16.2. The summed E-state index contributed by atoms with van der Waals surface area (Å²) in [7, 11) is 0. The SMILES string of the molecule is C=CCn1c(=O)c2c(=O)cc(CCCC)n(CCCCN=[N+]=N)c2n(CC=C)c1=O. The third-order valence-corrected chi connectivity index (χ3v) is 4.92. The zero-order valence-electron chi connectivity index (χ0n) is 17.5. The minimum absolute atomic E-state index is 0.00407. The summed E-state index contributed by atoms with van der Waals surface area (Å²) >= 11 is 0. The Morgan fingerprint density at radius 2 is 1.77 bits per heavy atom. The molecular weight excluding hydrogens is 384 g/mol. The fourth-order valence-corrected chi connectivity index (χ4v) is 3.52. The number of fused-ring (bicyclic) bond motifs is 1. The number of aryl methyl sites for hydroxylation is 2. The van der Waals surface area contributed by atoms with Crippen molar-refractivity contribution in [3.63, 3.8) is 0 Å². The van der Waals surface area contributed by atoms with Crippen molar-refractivity contribution >= 4 is 11.0 Å². The summed E-state index contributed by atoms with van der Waals surface area (Å²) in [6, 6.07) is 1.52. The van der Waals surface area contributed by atoms with Gasteiger partial charge in [0.1, 0.15) is 28.2 Å². The average Bonchev–Trinajstić information content (AvgIpc) is 2.73. The van der Waals surface area contributed by atoms with Crippen LogP contribution < -0.4 is 21.6 Å². The lowest BCUT2D eigenvalue weighted by molar-refractivity contribution is 0.564. The number of nitrogens with zero attached hydrogens (tertiary/aromatic N) is 5. The minimum atomic E-state index is -0.598. The molecule has 0 saturated carbocycles. The van der Waals surface area contributed by atoms with Crippen LogP contribution in [0.1, 0.15) is 38.3 Å². The number of unbranched alkanes of at least 4 members (excludes halogenated alkanes) is 2. The molecule has 0 fully saturated rings. The van der Waals surface area contributed by atoms with Crippen LogP contribution in [-0.4, -0.2) is 20.2 Å². The smallest absolute Gasteiger partial charge is 0.331 e. The van der Waals surface area contributed by atoms with E-state index in [4.69, 9.17) is 5.53 Å². The first-order valence-corrected chi connectivity index (χ1v) is 10.2. The number of rotatable bonds is 12. The van der Waals surface area contributed by atoms with Crippen molar-refractivity contribution < 1.29 is 0 Å². The van der Waals surface area contributed by atoms with Crippen molar-refractivity contribution in [2.75, 3.05) is 6.54 Å². The molecule has 1 N–H and O–H groups in total. The monoisotopic (exact) mass is 413 g/mol. The van der Waals surface area contributed by atoms with Crippen LogP contribution in [0, 0.1) is 5.53 Å². The maximum Gasteiger partial charge on any atom is 0.333 e. The van der Waals surface area contributed by atoms with E-state index in [1.165, 1.54) is 16.7 Å². The van der Waals surface area contributed by atoms with Crippen molar-refractivity contribution in [3.8, 4) is 0 Å². The Morgan fingerprint density at radius 3 is 2.40 bits per heavy atom. The lowest BCUT2D eigenvalue weighted by Crippen LogP contribution is -2.43. The van der Waals surface area contributed by atoms with Gasteiger partial charge in [0.15, 0.2) is 5.43 Å². The zero-order valence-corrected chi connectivity index (χ0v) is 17.5. The van der Waals surface area contributed by atoms with E-state index in [1.54, 1.807) is 6.08 Å². The van der Waals surface area contributed by atoms with Crippen molar-refractivity contribution in [1.29, 1.82) is 5.53 Å². The van der Waals surface area contributed by atoms with E-state index in [0.717, 1.165) is 23.1 Å². The molecule has 0 bridgehead atoms. The molecule has 0 aliphatic heterocycles. The Hall–Kier alpha value is -3.32. The third-order valence-electron chi connectivity index (χ3n) is 4.92. The molecule has 30 heavy (non-hydrogen) atoms. The predicted octanol–water partition coefficient (Wildman–Crippen LogP) is 2.37. The molecule has 0 saturated heterocycles. The predicted molar refractivity (Wildman–Crippen MR) is 117 cm³/mol. The second kappa shape index (κ2) is 11.0. The van der Waals surface area contributed by atoms with Gasteiger partial charge in [-0.25, -0.2) is 4.79 Å². The Morgan fingerprint density at radius 1 is 1.07 bits per heavy atom. The van der Waals surface area contributed by atoms with Crippen LogP contribution in [0.25, 0.3) is 11.0 Å². The molecule has 0 spiro atoms. The molecule has 2 heterocycles. The van der Waals surface area contributed by atoms with Crippen LogP contribution >= 0.6 is 0 Å². The van der Waals surface area contributed by atoms with Gasteiger partial charge in [-0.2, -0.15) is 0 Å². The van der Waals surface area contributed by atoms with E-state index >= 15 is 0 Å². The quantitative estimate of drug-likeness (QED) is 0.249. The van der Waals surface area contributed by atoms with Crippen molar-refractivity contribution in [2.45, 2.75) is 58.7 Å². The van der Waals surface area contributed by atoms with Crippen molar-refractivity contribution in [1.82, 2.24) is 18.6 Å². The summed E-state index contributed by atoms with van der Waals surface area (Å²) in [6.45, 7) is 10.6. The molecule has 9 nitrogen and oxygen atoms in total. The van der Waals surface area contributed by atoms with Gasteiger partial charge in [0.05, 0.1) is 0 Å². The van der Waals surface area contributed by atoms with E-state index in [0.29, 0.717) is 38.0 Å². The highest BCUT2D eigenvalue weighted by Gasteiger charge is 2.19. The highest BCUT2D eigenvalue weighted by Crippen LogP contribution is 2.14. The standard InChI is InChI=1S/C21H29N6O3/c1-4-7-10-16-15-17(28)18-19(25(16)14-9-8-11-23-24-22)26(12-5-2)21(30)27(13-6-3)20(18)29/h5-6,15,22H,2-4,7-14H2,1H3/q+1. The van der Waals surface area contributed by atoms with E-state index in [2.05, 4.69) is 30.1 Å². The van der Waals surface area contributed by atoms with Crippen LogP contribution in [0.5, 0.6) is 0 Å². The number of allylic oxidation sites excluding steroid dienone is 2. The number of aromatic nitrogens is 3. The molecule has 0 amide bonds. The second-order valence-electron chi connectivity index (χ2n) is 7.01. The Kier molecular flexibility index (Phi) is 8.43. The molecule has 2 rings (SSSR count). The summed E-state index contributed by atoms with van der Waals surface area (Å²) in [5.74, 6) is 0. The molecule has 0 aliphatic rings. The molecule has 160 valence electrons. The summed E-state index contributed by atoms with van der Waals surface area (Å²) < 4.78 is 4.38. The van der Waals surface area contributed by atoms with Gasteiger partial charge in [-0.1, -0.05) is 25.5 Å². The first-order valence-electron chi connectivity index (χ1n) is 10.2. The fraction of sp³-hybridized carbons (Fsp3) is 0.476. The molecule has 0 unspecified atom stereocenters. The fourth-order valence-electron chi connectivity index (χ4n) is 3.52. The lowest BCUT2D eigenvalue weighted by Gasteiger charge is -2.20. The normalized spacial score (nSPS) is 10.7. The van der Waals surface area contributed by atoms with Crippen LogP contribution in [0.15, 0.2) is 50.9 Å². The molecule has 0 aliphatic carbocycles. The molecule has 0 radical (unpaired) electrons. The summed E-state index contributed by atoms with van der Waals surface area (Å²) in [5, 5.41) is 3.66. The largest absolute Gasteiger partial charge is 0.333 e. The van der Waals surface area contributed by atoms with Gasteiger partial charge < -0.3 is 4.57 Å². The van der Waals surface area contributed by atoms with Crippen LogP contribution in [0.4, 0.5) is 0 Å². The number of hydrogen-bond acceptors (Lipinski definition) is 5. The van der Waals surface area contributed by atoms with Gasteiger partial charge in [0, 0.05) is 31.4 Å². The van der Waals surface area contributed by atoms with Gasteiger partial charge in [0.2, 0.25) is 4.91 Å². The van der Waals surface area contributed by atoms with Gasteiger partial charge in [0.25, 0.3) is 5.56 Å². The van der Waals surface area contributed by atoms with Crippen LogP contribution in [0.3, 0.4) is 0 Å². The molecule has 2 aromatic rings. The summed E-state index contributed by atoms with van der Waals surface area (Å²) in [4.78, 5) is 42.0. The topological polar surface area (TPSA) is 116 Å². The second-order valence-corrected chi connectivity index (χ2v) is 7.01. The molecule has 9 heteroatoms. The van der Waals surface area contributed by atoms with Gasteiger partial charge in [-0.3, -0.25) is 18.7 Å². The molecule has 0 atom stereocenters. The number of nitrogens with one attached hydrogen (secondary N) is 1. The highest BCUT2D eigenvalue weighted by molar-refractivity contribution is 5.75. The van der Waals surface area contributed by atoms with E-state index in [1.807, 2.05) is 4.57 Å². The van der Waals surface area contributed by atoms with Crippen molar-refractivity contribution in [2.24, 2.45) is 5.11 Å². The van der Waals surface area contributed by atoms with E-state index in [-0.39, 0.29) is 23.9 Å². The summed E-state index contributed by atoms with van der Waals surface area (Å²) in [5.41, 5.74) is 6.42. The van der Waals surface area contributed by atoms with Gasteiger partial charge >= 0.3 is 5.69 Å². The minimum Gasteiger partial charge on any atom is -0.331 e. The lowest BCUT2D eigenvalue weighted by atomic mass is 10.1. The third kappa shape index (κ3) is 4.80. The van der Waals surface area contributed by atoms with Crippen molar-refractivity contribution in [3.05, 3.63) is 68.1 Å². The number of hydrogen-bond donors (Lipinski definition) is 1. The molecular formula is C21H29N6O3+. The van der Waals surface area contributed by atoms with Crippen LogP contribution in [-0.2, 0) is 26.1 Å². The number of pyridine rings is 1. The first kappa shape index (κ1) is 23.0. The molecule has 0 aromatic carbocycles. The first-order chi connectivity index (χ1) is 14.5. The van der Waals surface area contributed by atoms with Gasteiger partial charge in [-0.05, 0) is 25.7 Å². The maximum absolute atomic E-state index is 13.1. The maximum atomic E-state index is 13.1. The Bertz CT molecular complexity index is 1150. The average molecular weight is 414 g/mol. The van der Waals surface area contributed by atoms with Gasteiger partial charge in [-0.15, -0.1) is 13.2 Å². The van der Waals surface area contributed by atoms with Crippen LogP contribution in [0.2, 0.25) is 0 Å². The Balaban J connectivity index is 2.84.